The van der Waals surface area contributed by atoms with Crippen molar-refractivity contribution in [1.82, 2.24) is 0 Å². The summed E-state index contributed by atoms with van der Waals surface area (Å²) in [6.45, 7) is 13.5. The zero-order valence-electron chi connectivity index (χ0n) is 12.8. The Morgan fingerprint density at radius 3 is 1.57 bits per heavy atom. The molecule has 5 heteroatoms. The molecular weight excluding hydrogens is 272 g/mol. The van der Waals surface area contributed by atoms with E-state index in [1.54, 1.807) is 39.8 Å². The van der Waals surface area contributed by atoms with Crippen LogP contribution in [-0.2, 0) is 19.1 Å². The van der Waals surface area contributed by atoms with E-state index >= 15 is 0 Å². The lowest BCUT2D eigenvalue weighted by atomic mass is 10.2. The molecule has 0 radical (unpaired) electrons. The van der Waals surface area contributed by atoms with Crippen LogP contribution < -0.4 is 0 Å². The highest BCUT2D eigenvalue weighted by Gasteiger charge is 2.20. The number of esters is 2. The third kappa shape index (κ3) is 4.63. The van der Waals surface area contributed by atoms with E-state index in [4.69, 9.17) is 13.9 Å². The largest absolute Gasteiger partial charge is 0.458 e. The lowest BCUT2D eigenvalue weighted by Crippen LogP contribution is -2.09. The number of carbonyl (C=O) groups excluding carboxylic acids is 2. The third-order valence-corrected chi connectivity index (χ3v) is 2.71. The van der Waals surface area contributed by atoms with E-state index in [-0.39, 0.29) is 0 Å². The molecule has 114 valence electrons. The van der Waals surface area contributed by atoms with Gasteiger partial charge in [0.1, 0.15) is 11.5 Å². The molecule has 0 aliphatic rings. The van der Waals surface area contributed by atoms with Gasteiger partial charge in [0.2, 0.25) is 0 Å². The van der Waals surface area contributed by atoms with Crippen molar-refractivity contribution in [3.63, 3.8) is 0 Å². The molecular formula is C16H20O5. The summed E-state index contributed by atoms with van der Waals surface area (Å²) in [6, 6.07) is 3.35. The average molecular weight is 292 g/mol. The van der Waals surface area contributed by atoms with Gasteiger partial charge < -0.3 is 13.9 Å². The van der Waals surface area contributed by atoms with Crippen LogP contribution >= 0.6 is 0 Å². The SMILES string of the molecule is C=C(C)C(=O)OC(C)c1ccc(C(C)OC(=O)C(=C)C)o1. The van der Waals surface area contributed by atoms with Crippen LogP contribution in [-0.4, -0.2) is 11.9 Å². The second-order valence-corrected chi connectivity index (χ2v) is 4.90. The second kappa shape index (κ2) is 6.92. The first-order chi connectivity index (χ1) is 9.72. The Hall–Kier alpha value is -2.30. The molecule has 5 nitrogen and oxygen atoms in total. The Morgan fingerprint density at radius 1 is 0.952 bits per heavy atom. The summed E-state index contributed by atoms with van der Waals surface area (Å²) in [4.78, 5) is 22.9. The van der Waals surface area contributed by atoms with Crippen molar-refractivity contribution >= 4 is 11.9 Å². The number of hydrogen-bond acceptors (Lipinski definition) is 5. The Kier molecular flexibility index (Phi) is 5.52. The van der Waals surface area contributed by atoms with Crippen molar-refractivity contribution in [1.29, 1.82) is 0 Å². The summed E-state index contributed by atoms with van der Waals surface area (Å²) in [5.41, 5.74) is 0.634. The van der Waals surface area contributed by atoms with Crippen LogP contribution in [0.1, 0.15) is 51.4 Å². The van der Waals surface area contributed by atoms with E-state index in [9.17, 15) is 9.59 Å². The van der Waals surface area contributed by atoms with E-state index in [0.29, 0.717) is 22.7 Å². The molecule has 0 spiro atoms. The van der Waals surface area contributed by atoms with Crippen LogP contribution in [0.15, 0.2) is 40.9 Å². The molecule has 0 amide bonds. The first kappa shape index (κ1) is 16.8. The van der Waals surface area contributed by atoms with Crippen LogP contribution in [0.25, 0.3) is 0 Å². The molecule has 0 fully saturated rings. The molecule has 1 aromatic rings. The van der Waals surface area contributed by atoms with Crippen LogP contribution in [0.2, 0.25) is 0 Å². The number of furan rings is 1. The standard InChI is InChI=1S/C16H20O5/c1-9(2)15(17)19-11(5)13-7-8-14(21-13)12(6)20-16(18)10(3)4/h7-8,11-12H,1,3H2,2,4-6H3. The number of hydrogen-bond donors (Lipinski definition) is 0. The van der Waals surface area contributed by atoms with Crippen molar-refractivity contribution in [2.45, 2.75) is 39.9 Å². The normalized spacial score (nSPS) is 13.1. The molecule has 0 aliphatic carbocycles. The summed E-state index contributed by atoms with van der Waals surface area (Å²) in [7, 11) is 0. The molecule has 0 saturated heterocycles. The summed E-state index contributed by atoms with van der Waals surface area (Å²) < 4.78 is 15.9. The third-order valence-electron chi connectivity index (χ3n) is 2.71. The Morgan fingerprint density at radius 2 is 1.29 bits per heavy atom. The zero-order valence-corrected chi connectivity index (χ0v) is 12.8. The smallest absolute Gasteiger partial charge is 0.333 e. The fourth-order valence-corrected chi connectivity index (χ4v) is 1.44. The monoisotopic (exact) mass is 292 g/mol. The van der Waals surface area contributed by atoms with E-state index in [0.717, 1.165) is 0 Å². The van der Waals surface area contributed by atoms with E-state index in [1.165, 1.54) is 0 Å². The van der Waals surface area contributed by atoms with E-state index < -0.39 is 24.1 Å². The lowest BCUT2D eigenvalue weighted by Gasteiger charge is -2.12. The summed E-state index contributed by atoms with van der Waals surface area (Å²) in [5.74, 6) is -0.0277. The van der Waals surface area contributed by atoms with Crippen LogP contribution in [0.4, 0.5) is 0 Å². The summed E-state index contributed by atoms with van der Waals surface area (Å²) >= 11 is 0. The van der Waals surface area contributed by atoms with Gasteiger partial charge in [0.05, 0.1) is 0 Å². The van der Waals surface area contributed by atoms with Gasteiger partial charge in [0, 0.05) is 11.1 Å². The molecule has 0 N–H and O–H groups in total. The quantitative estimate of drug-likeness (QED) is 0.591. The summed E-state index contributed by atoms with van der Waals surface area (Å²) in [5, 5.41) is 0. The second-order valence-electron chi connectivity index (χ2n) is 4.90. The van der Waals surface area contributed by atoms with Crippen LogP contribution in [0, 0.1) is 0 Å². The molecule has 1 rings (SSSR count). The Bertz CT molecular complexity index is 518. The maximum Gasteiger partial charge on any atom is 0.333 e. The molecule has 1 aromatic heterocycles. The lowest BCUT2D eigenvalue weighted by molar-refractivity contribution is -0.144. The number of carbonyl (C=O) groups is 2. The minimum atomic E-state index is -0.549. The number of rotatable bonds is 6. The van der Waals surface area contributed by atoms with Gasteiger partial charge in [0.15, 0.2) is 12.2 Å². The molecule has 0 aliphatic heterocycles. The van der Waals surface area contributed by atoms with Gasteiger partial charge in [-0.05, 0) is 39.8 Å². The molecule has 0 bridgehead atoms. The van der Waals surface area contributed by atoms with Crippen LogP contribution in [0.5, 0.6) is 0 Å². The molecule has 21 heavy (non-hydrogen) atoms. The fraction of sp³-hybridized carbons (Fsp3) is 0.375. The van der Waals surface area contributed by atoms with Crippen molar-refractivity contribution in [2.24, 2.45) is 0 Å². The molecule has 1 heterocycles. The van der Waals surface area contributed by atoms with E-state index in [2.05, 4.69) is 13.2 Å². The number of ether oxygens (including phenoxy) is 2. The Labute approximate surface area is 124 Å². The van der Waals surface area contributed by atoms with Crippen molar-refractivity contribution in [2.75, 3.05) is 0 Å². The van der Waals surface area contributed by atoms with Gasteiger partial charge >= 0.3 is 11.9 Å². The highest BCUT2D eigenvalue weighted by atomic mass is 16.6. The molecule has 2 unspecified atom stereocenters. The van der Waals surface area contributed by atoms with Crippen LogP contribution in [0.3, 0.4) is 0 Å². The first-order valence-corrected chi connectivity index (χ1v) is 6.55. The van der Waals surface area contributed by atoms with Gasteiger partial charge in [-0.2, -0.15) is 0 Å². The van der Waals surface area contributed by atoms with Gasteiger partial charge in [0.25, 0.3) is 0 Å². The van der Waals surface area contributed by atoms with Crippen molar-refractivity contribution < 1.29 is 23.5 Å². The van der Waals surface area contributed by atoms with Gasteiger partial charge in [-0.25, -0.2) is 9.59 Å². The zero-order chi connectivity index (χ0) is 16.2. The predicted molar refractivity (Wildman–Crippen MR) is 77.4 cm³/mol. The fourth-order valence-electron chi connectivity index (χ4n) is 1.44. The molecule has 0 aromatic carbocycles. The van der Waals surface area contributed by atoms with Gasteiger partial charge in [-0.3, -0.25) is 0 Å². The first-order valence-electron chi connectivity index (χ1n) is 6.55. The average Bonchev–Trinajstić information content (AvgIpc) is 2.87. The minimum absolute atomic E-state index is 0.317. The summed E-state index contributed by atoms with van der Waals surface area (Å²) in [6.07, 6.45) is -1.10. The maximum atomic E-state index is 11.4. The highest BCUT2D eigenvalue weighted by molar-refractivity contribution is 5.87. The molecule has 0 saturated carbocycles. The molecule has 2 atom stereocenters. The van der Waals surface area contributed by atoms with Crippen molar-refractivity contribution in [3.8, 4) is 0 Å². The van der Waals surface area contributed by atoms with Gasteiger partial charge in [-0.15, -0.1) is 0 Å². The topological polar surface area (TPSA) is 65.7 Å². The minimum Gasteiger partial charge on any atom is -0.458 e. The van der Waals surface area contributed by atoms with Crippen molar-refractivity contribution in [3.05, 3.63) is 48.0 Å². The Balaban J connectivity index is 2.72. The predicted octanol–water partition coefficient (Wildman–Crippen LogP) is 3.64. The van der Waals surface area contributed by atoms with E-state index in [1.807, 2.05) is 0 Å². The highest BCUT2D eigenvalue weighted by Crippen LogP contribution is 2.26. The van der Waals surface area contributed by atoms with Gasteiger partial charge in [-0.1, -0.05) is 13.2 Å². The maximum absolute atomic E-state index is 11.4.